The van der Waals surface area contributed by atoms with Crippen LogP contribution < -0.4 is 5.43 Å². The second-order valence-electron chi connectivity index (χ2n) is 6.96. The van der Waals surface area contributed by atoms with E-state index in [1.807, 2.05) is 60.7 Å². The maximum atomic E-state index is 12.7. The van der Waals surface area contributed by atoms with Gasteiger partial charge in [-0.3, -0.25) is 4.79 Å². The van der Waals surface area contributed by atoms with Crippen molar-refractivity contribution in [3.8, 4) is 11.5 Å². The first-order valence-corrected chi connectivity index (χ1v) is 9.28. The number of aromatic hydroxyl groups is 2. The number of nitrogens with zero attached hydrogens (tertiary/aromatic N) is 1. The van der Waals surface area contributed by atoms with Crippen molar-refractivity contribution in [1.82, 2.24) is 5.43 Å². The van der Waals surface area contributed by atoms with Gasteiger partial charge in [0.1, 0.15) is 11.5 Å². The Bertz CT molecular complexity index is 1160. The van der Waals surface area contributed by atoms with Crippen molar-refractivity contribution >= 4 is 22.9 Å². The van der Waals surface area contributed by atoms with E-state index >= 15 is 0 Å². The van der Waals surface area contributed by atoms with Gasteiger partial charge in [0.05, 0.1) is 5.41 Å². The van der Waals surface area contributed by atoms with Crippen molar-refractivity contribution in [1.29, 1.82) is 0 Å². The fraction of sp³-hybridized carbons (Fsp3) is 0.0833. The Labute approximate surface area is 168 Å². The molecule has 3 N–H and O–H groups in total. The van der Waals surface area contributed by atoms with Gasteiger partial charge in [-0.05, 0) is 29.3 Å². The predicted molar refractivity (Wildman–Crippen MR) is 114 cm³/mol. The quantitative estimate of drug-likeness (QED) is 0.460. The number of benzene rings is 3. The topological polar surface area (TPSA) is 81.9 Å². The number of hydrogen-bond acceptors (Lipinski definition) is 4. The van der Waals surface area contributed by atoms with Crippen LogP contribution in [0.3, 0.4) is 0 Å². The highest BCUT2D eigenvalue weighted by atomic mass is 16.3. The lowest BCUT2D eigenvalue weighted by atomic mass is 9.76. The van der Waals surface area contributed by atoms with Crippen molar-refractivity contribution in [2.24, 2.45) is 5.10 Å². The summed E-state index contributed by atoms with van der Waals surface area (Å²) in [6, 6.07) is 17.7. The van der Waals surface area contributed by atoms with Crippen LogP contribution in [0, 0.1) is 0 Å². The van der Waals surface area contributed by atoms with Crippen LogP contribution in [0.15, 0.2) is 90.1 Å². The normalized spacial score (nSPS) is 18.3. The second kappa shape index (κ2) is 7.64. The van der Waals surface area contributed by atoms with Crippen LogP contribution in [0.25, 0.3) is 10.8 Å². The maximum Gasteiger partial charge on any atom is 0.271 e. The molecule has 29 heavy (non-hydrogen) atoms. The number of amides is 1. The molecule has 0 fully saturated rings. The molecular weight excluding hydrogens is 364 g/mol. The van der Waals surface area contributed by atoms with E-state index in [1.165, 1.54) is 12.1 Å². The Hall–Kier alpha value is -3.86. The molecule has 0 radical (unpaired) electrons. The average molecular weight is 384 g/mol. The molecule has 1 unspecified atom stereocenters. The minimum atomic E-state index is -0.724. The van der Waals surface area contributed by atoms with Gasteiger partial charge in [-0.25, -0.2) is 5.43 Å². The summed E-state index contributed by atoms with van der Waals surface area (Å²) in [7, 11) is 0. The number of rotatable bonds is 4. The summed E-state index contributed by atoms with van der Waals surface area (Å²) in [4.78, 5) is 12.7. The standard InChI is InChI=1S/C24H20N2O3/c27-18-11-12-21(22(28)15-18)24(13-4-1-5-14-24)16-25-26-23(29)20-10-6-8-17-7-2-3-9-19(17)20/h1-13,15-16,27-28H,14H2,(H,26,29). The number of hydrogen-bond donors (Lipinski definition) is 3. The number of carbonyl (C=O) groups excluding carboxylic acids is 1. The van der Waals surface area contributed by atoms with Crippen LogP contribution in [0.2, 0.25) is 0 Å². The number of hydrazone groups is 1. The highest BCUT2D eigenvalue weighted by molar-refractivity contribution is 6.07. The van der Waals surface area contributed by atoms with Crippen molar-refractivity contribution in [3.05, 3.63) is 96.1 Å². The van der Waals surface area contributed by atoms with Crippen molar-refractivity contribution in [2.75, 3.05) is 0 Å². The lowest BCUT2D eigenvalue weighted by Gasteiger charge is -2.28. The molecule has 0 heterocycles. The van der Waals surface area contributed by atoms with Gasteiger partial charge in [0.2, 0.25) is 0 Å². The van der Waals surface area contributed by atoms with E-state index in [2.05, 4.69) is 10.5 Å². The fourth-order valence-corrected chi connectivity index (χ4v) is 3.61. The van der Waals surface area contributed by atoms with Gasteiger partial charge in [0.15, 0.2) is 0 Å². The SMILES string of the molecule is O=C(NN=CC1(c2ccc(O)cc2O)C=CC=CC1)c1cccc2ccccc12. The van der Waals surface area contributed by atoms with Gasteiger partial charge in [0.25, 0.3) is 5.91 Å². The Morgan fingerprint density at radius 1 is 1.03 bits per heavy atom. The third kappa shape index (κ3) is 3.62. The molecule has 0 spiro atoms. The third-order valence-corrected chi connectivity index (χ3v) is 5.07. The van der Waals surface area contributed by atoms with E-state index in [1.54, 1.807) is 18.3 Å². The number of phenolic OH excluding ortho intramolecular Hbond substituents is 2. The van der Waals surface area contributed by atoms with Crippen LogP contribution in [0.5, 0.6) is 11.5 Å². The number of allylic oxidation sites excluding steroid dienone is 4. The Morgan fingerprint density at radius 2 is 1.86 bits per heavy atom. The van der Waals surface area contributed by atoms with Gasteiger partial charge in [-0.15, -0.1) is 0 Å². The monoisotopic (exact) mass is 384 g/mol. The summed E-state index contributed by atoms with van der Waals surface area (Å²) in [5.41, 5.74) is 3.02. The second-order valence-corrected chi connectivity index (χ2v) is 6.96. The van der Waals surface area contributed by atoms with Crippen molar-refractivity contribution in [3.63, 3.8) is 0 Å². The summed E-state index contributed by atoms with van der Waals surface area (Å²) in [5.74, 6) is -0.354. The summed E-state index contributed by atoms with van der Waals surface area (Å²) in [6.45, 7) is 0. The number of carbonyl (C=O) groups is 1. The number of phenols is 2. The molecule has 144 valence electrons. The van der Waals surface area contributed by atoms with Crippen molar-refractivity contribution in [2.45, 2.75) is 11.8 Å². The molecule has 1 aliphatic rings. The third-order valence-electron chi connectivity index (χ3n) is 5.07. The minimum Gasteiger partial charge on any atom is -0.508 e. The molecule has 5 nitrogen and oxygen atoms in total. The van der Waals surface area contributed by atoms with Crippen LogP contribution in [0.4, 0.5) is 0 Å². The molecule has 5 heteroatoms. The lowest BCUT2D eigenvalue weighted by molar-refractivity contribution is 0.0956. The zero-order valence-electron chi connectivity index (χ0n) is 15.6. The van der Waals surface area contributed by atoms with Crippen molar-refractivity contribution < 1.29 is 15.0 Å². The van der Waals surface area contributed by atoms with Gasteiger partial charge >= 0.3 is 0 Å². The van der Waals surface area contributed by atoms with Gasteiger partial charge < -0.3 is 10.2 Å². The van der Waals surface area contributed by atoms with E-state index in [0.717, 1.165) is 10.8 Å². The molecule has 1 atom stereocenters. The molecule has 1 aliphatic carbocycles. The zero-order chi connectivity index (χ0) is 20.3. The smallest absolute Gasteiger partial charge is 0.271 e. The van der Waals surface area contributed by atoms with E-state index in [4.69, 9.17) is 0 Å². The minimum absolute atomic E-state index is 0.0158. The Morgan fingerprint density at radius 3 is 2.66 bits per heavy atom. The van der Waals surface area contributed by atoms with Crippen LogP contribution in [-0.4, -0.2) is 22.3 Å². The molecule has 1 amide bonds. The summed E-state index contributed by atoms with van der Waals surface area (Å²) in [6.07, 6.45) is 9.84. The van der Waals surface area contributed by atoms with E-state index in [0.29, 0.717) is 17.5 Å². The van der Waals surface area contributed by atoms with E-state index in [-0.39, 0.29) is 17.4 Å². The molecular formula is C24H20N2O3. The summed E-state index contributed by atoms with van der Waals surface area (Å²) < 4.78 is 0. The lowest BCUT2D eigenvalue weighted by Crippen LogP contribution is -2.28. The number of fused-ring (bicyclic) bond motifs is 1. The molecule has 0 aliphatic heterocycles. The predicted octanol–water partition coefficient (Wildman–Crippen LogP) is 4.42. The average Bonchev–Trinajstić information content (AvgIpc) is 2.74. The van der Waals surface area contributed by atoms with Crippen LogP contribution in [0.1, 0.15) is 22.3 Å². The van der Waals surface area contributed by atoms with Gasteiger partial charge in [-0.2, -0.15) is 5.10 Å². The number of nitrogens with one attached hydrogen (secondary N) is 1. The van der Waals surface area contributed by atoms with Crippen LogP contribution in [-0.2, 0) is 5.41 Å². The Balaban J connectivity index is 1.62. The first-order valence-electron chi connectivity index (χ1n) is 9.28. The first kappa shape index (κ1) is 18.5. The molecule has 0 bridgehead atoms. The zero-order valence-corrected chi connectivity index (χ0v) is 15.6. The highest BCUT2D eigenvalue weighted by Gasteiger charge is 2.30. The largest absolute Gasteiger partial charge is 0.508 e. The van der Waals surface area contributed by atoms with Gasteiger partial charge in [0, 0.05) is 23.4 Å². The first-order chi connectivity index (χ1) is 14.1. The molecule has 4 rings (SSSR count). The van der Waals surface area contributed by atoms with E-state index in [9.17, 15) is 15.0 Å². The summed E-state index contributed by atoms with van der Waals surface area (Å²) in [5, 5.41) is 26.0. The molecule has 0 aromatic heterocycles. The maximum absolute atomic E-state index is 12.7. The Kier molecular flexibility index (Phi) is 4.87. The van der Waals surface area contributed by atoms with Gasteiger partial charge in [-0.1, -0.05) is 66.8 Å². The molecule has 0 saturated carbocycles. The summed E-state index contributed by atoms with van der Waals surface area (Å²) >= 11 is 0. The highest BCUT2D eigenvalue weighted by Crippen LogP contribution is 2.38. The van der Waals surface area contributed by atoms with E-state index < -0.39 is 5.41 Å². The molecule has 3 aromatic carbocycles. The fourth-order valence-electron chi connectivity index (χ4n) is 3.61. The molecule has 0 saturated heterocycles. The molecule has 3 aromatic rings. The van der Waals surface area contributed by atoms with Crippen LogP contribution >= 0.6 is 0 Å².